The molecule has 0 amide bonds. The normalized spacial score (nSPS) is 14.9. The lowest BCUT2D eigenvalue weighted by molar-refractivity contribution is -0.376. The van der Waals surface area contributed by atoms with E-state index in [1.54, 1.807) is 0 Å². The van der Waals surface area contributed by atoms with Crippen molar-refractivity contribution in [3.63, 3.8) is 0 Å². The summed E-state index contributed by atoms with van der Waals surface area (Å²) >= 11 is 0. The second-order valence-corrected chi connectivity index (χ2v) is 19.5. The Kier molecular flexibility index (Phi) is 20.7. The maximum absolute atomic E-state index is 14.4. The summed E-state index contributed by atoms with van der Waals surface area (Å²) in [6.45, 7) is -2.10. The van der Waals surface area contributed by atoms with Crippen LogP contribution in [0.4, 0.5) is 128 Å². The van der Waals surface area contributed by atoms with Gasteiger partial charge in [0.05, 0.1) is 25.4 Å². The van der Waals surface area contributed by atoms with Gasteiger partial charge in [-0.25, -0.2) is 0 Å². The number of alkyl halides is 24. The number of nitrogen functional groups attached to an aromatic ring is 2. The van der Waals surface area contributed by atoms with Crippen LogP contribution < -0.4 is 22.1 Å². The molecule has 0 spiro atoms. The topological polar surface area (TPSA) is 216 Å². The zero-order valence-electron chi connectivity index (χ0n) is 44.2. The first kappa shape index (κ1) is 72.6. The van der Waals surface area contributed by atoms with Gasteiger partial charge in [-0.1, -0.05) is 24.3 Å². The summed E-state index contributed by atoms with van der Waals surface area (Å²) in [5, 5.41) is 66.5. The van der Waals surface area contributed by atoms with Crippen LogP contribution in [0, 0.1) is 27.7 Å². The number of aliphatic hydroxyl groups is 6. The van der Waals surface area contributed by atoms with Crippen LogP contribution in [0.5, 0.6) is 0 Å². The molecule has 0 aliphatic carbocycles. The Hall–Kier alpha value is -5.92. The maximum atomic E-state index is 14.4. The zero-order chi connectivity index (χ0) is 66.5. The molecule has 12 N–H and O–H groups in total. The smallest absolute Gasteiger partial charge is 0.398 e. The Labute approximate surface area is 469 Å². The first-order chi connectivity index (χ1) is 38.7. The molecular weight excluding hydrogens is 1240 g/mol. The average molecular weight is 1290 g/mol. The molecule has 0 saturated carbocycles. The van der Waals surface area contributed by atoms with Crippen molar-refractivity contribution >= 4 is 22.7 Å². The molecule has 0 radical (unpaired) electrons. The highest BCUT2D eigenvalue weighted by Crippen LogP contribution is 2.59. The van der Waals surface area contributed by atoms with E-state index in [9.17, 15) is 136 Å². The Morgan fingerprint density at radius 1 is 0.360 bits per heavy atom. The predicted octanol–water partition coefficient (Wildman–Crippen LogP) is 11.7. The second-order valence-electron chi connectivity index (χ2n) is 19.5. The summed E-state index contributed by atoms with van der Waals surface area (Å²) in [6, 6.07) is 4.06. The first-order valence-corrected chi connectivity index (χ1v) is 24.2. The number of hydrogen-bond donors (Lipinski definition) is 10. The third kappa shape index (κ3) is 13.3. The average Bonchev–Trinajstić information content (AvgIpc) is 0.746. The van der Waals surface area contributed by atoms with E-state index in [4.69, 9.17) is 20.9 Å². The summed E-state index contributed by atoms with van der Waals surface area (Å²) in [5.41, 5.74) is -34.3. The highest BCUT2D eigenvalue weighted by molar-refractivity contribution is 5.81. The van der Waals surface area contributed by atoms with Gasteiger partial charge in [0, 0.05) is 71.3 Å². The third-order valence-electron chi connectivity index (χ3n) is 13.7. The van der Waals surface area contributed by atoms with Crippen molar-refractivity contribution in [2.75, 3.05) is 61.6 Å². The van der Waals surface area contributed by atoms with Crippen LogP contribution in [0.25, 0.3) is 22.3 Å². The van der Waals surface area contributed by atoms with E-state index in [1.807, 2.05) is 0 Å². The molecule has 4 aromatic rings. The largest absolute Gasteiger partial charge is 0.430 e. The molecule has 4 aromatic carbocycles. The van der Waals surface area contributed by atoms with Crippen molar-refractivity contribution in [1.29, 1.82) is 0 Å². The lowest BCUT2D eigenvalue weighted by atomic mass is 9.80. The molecule has 12 nitrogen and oxygen atoms in total. The SMILES string of the molecule is Cc1c(-c2ccc(NCC(O)COCCCCOCC(O)CNc3ccc(-c4ccc(N)c(C(O)(C(F)(F)F)C(F)(F)F)c4C)c(C)c3C(O)(C(F)(F)F)C(F)(F)F)c(C(O)(C(F)(F)F)C(F)(F)F)c2C)ccc(N)c1C(O)(C(F)(F)F)C(F)(F)F. The second kappa shape index (κ2) is 24.6. The molecule has 0 heterocycles. The molecule has 86 heavy (non-hydrogen) atoms. The van der Waals surface area contributed by atoms with Crippen molar-refractivity contribution in [2.45, 2.75) is 125 Å². The van der Waals surface area contributed by atoms with Gasteiger partial charge < -0.3 is 62.2 Å². The fourth-order valence-electron chi connectivity index (χ4n) is 9.44. The molecule has 486 valence electrons. The summed E-state index contributed by atoms with van der Waals surface area (Å²) in [6.07, 6.45) is -56.5. The number of unbranched alkanes of at least 4 members (excludes halogenated alkanes) is 1. The number of aliphatic hydroxyl groups excluding tert-OH is 2. The molecule has 0 aromatic heterocycles. The highest BCUT2D eigenvalue weighted by atomic mass is 19.4. The van der Waals surface area contributed by atoms with E-state index in [1.165, 1.54) is 0 Å². The molecule has 0 aliphatic rings. The molecule has 0 fully saturated rings. The van der Waals surface area contributed by atoms with Crippen LogP contribution in [-0.2, 0) is 31.9 Å². The summed E-state index contributed by atoms with van der Waals surface area (Å²) in [7, 11) is 0. The highest BCUT2D eigenvalue weighted by Gasteiger charge is 2.76. The van der Waals surface area contributed by atoms with Gasteiger partial charge in [-0.2, -0.15) is 105 Å². The summed E-state index contributed by atoms with van der Waals surface area (Å²) in [5.74, 6) is 0. The van der Waals surface area contributed by atoms with Crippen LogP contribution in [0.2, 0.25) is 0 Å². The Balaban J connectivity index is 1.49. The van der Waals surface area contributed by atoms with Gasteiger partial charge in [-0.05, 0) is 109 Å². The zero-order valence-corrected chi connectivity index (χ0v) is 44.2. The van der Waals surface area contributed by atoms with Gasteiger partial charge in [0.25, 0.3) is 22.4 Å². The minimum absolute atomic E-state index is 0.0117. The molecule has 0 bridgehead atoms. The van der Waals surface area contributed by atoms with E-state index < -0.39 is 200 Å². The first-order valence-electron chi connectivity index (χ1n) is 24.2. The van der Waals surface area contributed by atoms with Crippen LogP contribution in [0.1, 0.15) is 57.3 Å². The van der Waals surface area contributed by atoms with Crippen LogP contribution >= 0.6 is 0 Å². The minimum atomic E-state index is -6.65. The Bertz CT molecular complexity index is 2780. The molecule has 4 rings (SSSR count). The van der Waals surface area contributed by atoms with Crippen LogP contribution in [0.15, 0.2) is 48.5 Å². The van der Waals surface area contributed by atoms with Gasteiger partial charge in [-0.3, -0.25) is 0 Å². The number of hydrogen-bond acceptors (Lipinski definition) is 12. The number of nitrogens with two attached hydrogens (primary N) is 2. The van der Waals surface area contributed by atoms with Crippen LogP contribution in [-0.4, -0.2) is 132 Å². The van der Waals surface area contributed by atoms with Crippen LogP contribution in [0.3, 0.4) is 0 Å². The molecule has 36 heteroatoms. The van der Waals surface area contributed by atoms with Gasteiger partial charge in [0.2, 0.25) is 0 Å². The molecule has 2 atom stereocenters. The van der Waals surface area contributed by atoms with E-state index >= 15 is 0 Å². The number of ether oxygens (including phenoxy) is 2. The summed E-state index contributed by atoms with van der Waals surface area (Å²) < 4.78 is 351. The fraction of sp³-hybridized carbons (Fsp3) is 0.520. The van der Waals surface area contributed by atoms with Crippen molar-refractivity contribution in [3.8, 4) is 22.3 Å². The van der Waals surface area contributed by atoms with Crippen molar-refractivity contribution in [2.24, 2.45) is 0 Å². The molecule has 0 aliphatic heterocycles. The quantitative estimate of drug-likeness (QED) is 0.0214. The molecule has 0 saturated heterocycles. The number of rotatable bonds is 21. The Morgan fingerprint density at radius 3 is 0.802 bits per heavy atom. The number of halogens is 24. The van der Waals surface area contributed by atoms with E-state index in [-0.39, 0.29) is 26.1 Å². The van der Waals surface area contributed by atoms with E-state index in [0.29, 0.717) is 76.2 Å². The number of anilines is 4. The van der Waals surface area contributed by atoms with Crippen molar-refractivity contribution in [1.82, 2.24) is 0 Å². The third-order valence-corrected chi connectivity index (χ3v) is 13.7. The van der Waals surface area contributed by atoms with Gasteiger partial charge in [0.1, 0.15) is 0 Å². The van der Waals surface area contributed by atoms with Gasteiger partial charge >= 0.3 is 49.4 Å². The minimum Gasteiger partial charge on any atom is -0.398 e. The van der Waals surface area contributed by atoms with E-state index in [2.05, 4.69) is 10.6 Å². The molecule has 2 unspecified atom stereocenters. The summed E-state index contributed by atoms with van der Waals surface area (Å²) in [4.78, 5) is 0. The predicted molar refractivity (Wildman–Crippen MR) is 255 cm³/mol. The number of nitrogens with one attached hydrogen (secondary N) is 2. The van der Waals surface area contributed by atoms with Crippen molar-refractivity contribution < 1.29 is 145 Å². The standard InChI is InChI=1S/C50H50F24N4O8/c1-21-27(7-11-31(75)35(21)39(81,43(51,52)53)44(54,55)56)29-9-13-33(37(23(29)3)41(83,47(63,64)65)48(66,67)68)77-17-25(79)19-85-15-5-6-16-86-20-26(80)18-78-34-14-10-30(24(4)38(34)42(84,49(69,70)71)50(72,73)74)28-8-12-32(76)36(22(28)2)40(82,45(57,58)59)46(60,61)62/h7-14,25-26,77-84H,5-6,15-20,75-76H2,1-4H3. The molecular formula is C50H50F24N4O8. The van der Waals surface area contributed by atoms with E-state index in [0.717, 1.165) is 0 Å². The number of benzene rings is 4. The fourth-order valence-corrected chi connectivity index (χ4v) is 9.44. The monoisotopic (exact) mass is 1290 g/mol. The van der Waals surface area contributed by atoms with Gasteiger partial charge in [0.15, 0.2) is 0 Å². The van der Waals surface area contributed by atoms with Gasteiger partial charge in [-0.15, -0.1) is 0 Å². The van der Waals surface area contributed by atoms with Crippen molar-refractivity contribution in [3.05, 3.63) is 93.0 Å². The maximum Gasteiger partial charge on any atom is 0.430 e. The lowest BCUT2D eigenvalue weighted by Gasteiger charge is -2.37. The Morgan fingerprint density at radius 2 is 0.570 bits per heavy atom. The lowest BCUT2D eigenvalue weighted by Crippen LogP contribution is -2.55.